The fraction of sp³-hybridized carbons (Fsp3) is 0.312. The minimum Gasteiger partial charge on any atom is -0.398 e. The first-order valence-electron chi connectivity index (χ1n) is 6.76. The van der Waals surface area contributed by atoms with Crippen molar-refractivity contribution in [2.24, 2.45) is 0 Å². The number of fused-ring (bicyclic) bond motifs is 1. The van der Waals surface area contributed by atoms with Gasteiger partial charge in [-0.2, -0.15) is 0 Å². The third kappa shape index (κ3) is 2.34. The molecule has 1 aliphatic heterocycles. The van der Waals surface area contributed by atoms with E-state index in [1.165, 1.54) is 16.7 Å². The maximum Gasteiger partial charge on any atom is 0.0350 e. The highest BCUT2D eigenvalue weighted by molar-refractivity contribution is 5.51. The molecule has 2 heterocycles. The van der Waals surface area contributed by atoms with Gasteiger partial charge in [0.05, 0.1) is 0 Å². The van der Waals surface area contributed by atoms with Gasteiger partial charge in [0.2, 0.25) is 0 Å². The first kappa shape index (κ1) is 12.2. The molecule has 3 nitrogen and oxygen atoms in total. The zero-order valence-electron chi connectivity index (χ0n) is 11.2. The van der Waals surface area contributed by atoms with Crippen molar-refractivity contribution in [3.8, 4) is 0 Å². The van der Waals surface area contributed by atoms with Gasteiger partial charge in [0, 0.05) is 37.2 Å². The standard InChI is InChI=1S/C16H19N3/c1-12(13-5-8-18-9-6-13)19-10-7-15-14(11-19)3-2-4-16(15)17/h2-6,8-9,12H,7,10-11,17H2,1H3. The van der Waals surface area contributed by atoms with Crippen LogP contribution in [-0.4, -0.2) is 16.4 Å². The lowest BCUT2D eigenvalue weighted by Gasteiger charge is -2.34. The highest BCUT2D eigenvalue weighted by atomic mass is 15.2. The summed E-state index contributed by atoms with van der Waals surface area (Å²) in [6.07, 6.45) is 4.76. The van der Waals surface area contributed by atoms with Gasteiger partial charge < -0.3 is 5.73 Å². The van der Waals surface area contributed by atoms with Crippen molar-refractivity contribution >= 4 is 5.69 Å². The molecule has 0 aliphatic carbocycles. The summed E-state index contributed by atoms with van der Waals surface area (Å²) in [5.41, 5.74) is 11.0. The Hall–Kier alpha value is -1.87. The Morgan fingerprint density at radius 1 is 1.21 bits per heavy atom. The summed E-state index contributed by atoms with van der Waals surface area (Å²) in [5.74, 6) is 0. The third-order valence-corrected chi connectivity index (χ3v) is 4.07. The largest absolute Gasteiger partial charge is 0.398 e. The number of nitrogens with two attached hydrogens (primary N) is 1. The molecule has 0 bridgehead atoms. The topological polar surface area (TPSA) is 42.2 Å². The Morgan fingerprint density at radius 3 is 2.79 bits per heavy atom. The van der Waals surface area contributed by atoms with Gasteiger partial charge in [0.25, 0.3) is 0 Å². The fourth-order valence-electron chi connectivity index (χ4n) is 2.84. The van der Waals surface area contributed by atoms with Crippen LogP contribution < -0.4 is 5.73 Å². The molecule has 0 radical (unpaired) electrons. The molecule has 1 atom stereocenters. The van der Waals surface area contributed by atoms with Gasteiger partial charge >= 0.3 is 0 Å². The van der Waals surface area contributed by atoms with Crippen molar-refractivity contribution in [3.63, 3.8) is 0 Å². The number of benzene rings is 1. The number of nitrogens with zero attached hydrogens (tertiary/aromatic N) is 2. The van der Waals surface area contributed by atoms with Crippen molar-refractivity contribution in [1.82, 2.24) is 9.88 Å². The van der Waals surface area contributed by atoms with E-state index < -0.39 is 0 Å². The molecule has 3 rings (SSSR count). The molecule has 98 valence electrons. The van der Waals surface area contributed by atoms with E-state index >= 15 is 0 Å². The van der Waals surface area contributed by atoms with E-state index in [0.29, 0.717) is 6.04 Å². The first-order valence-corrected chi connectivity index (χ1v) is 6.76. The number of hydrogen-bond acceptors (Lipinski definition) is 3. The SMILES string of the molecule is CC(c1ccncc1)N1CCc2c(N)cccc2C1. The number of anilines is 1. The number of nitrogen functional groups attached to an aromatic ring is 1. The van der Waals surface area contributed by atoms with E-state index in [4.69, 9.17) is 5.73 Å². The van der Waals surface area contributed by atoms with Crippen molar-refractivity contribution in [2.45, 2.75) is 25.9 Å². The van der Waals surface area contributed by atoms with E-state index in [-0.39, 0.29) is 0 Å². The molecular weight excluding hydrogens is 234 g/mol. The smallest absolute Gasteiger partial charge is 0.0350 e. The van der Waals surface area contributed by atoms with Gasteiger partial charge in [0.15, 0.2) is 0 Å². The average molecular weight is 253 g/mol. The van der Waals surface area contributed by atoms with Crippen LogP contribution in [-0.2, 0) is 13.0 Å². The summed E-state index contributed by atoms with van der Waals surface area (Å²) >= 11 is 0. The predicted molar refractivity (Wildman–Crippen MR) is 77.6 cm³/mol. The Bertz CT molecular complexity index is 565. The summed E-state index contributed by atoms with van der Waals surface area (Å²) in [7, 11) is 0. The molecule has 3 heteroatoms. The highest BCUT2D eigenvalue weighted by Crippen LogP contribution is 2.29. The third-order valence-electron chi connectivity index (χ3n) is 4.07. The second-order valence-corrected chi connectivity index (χ2v) is 5.16. The van der Waals surface area contributed by atoms with Crippen LogP contribution in [0.25, 0.3) is 0 Å². The number of hydrogen-bond donors (Lipinski definition) is 1. The predicted octanol–water partition coefficient (Wildman–Crippen LogP) is 2.78. The molecule has 0 spiro atoms. The maximum absolute atomic E-state index is 6.05. The maximum atomic E-state index is 6.05. The quantitative estimate of drug-likeness (QED) is 0.837. The molecule has 1 aromatic heterocycles. The Morgan fingerprint density at radius 2 is 2.00 bits per heavy atom. The second kappa shape index (κ2) is 5.02. The molecule has 0 saturated heterocycles. The number of aromatic nitrogens is 1. The molecular formula is C16H19N3. The van der Waals surface area contributed by atoms with E-state index in [0.717, 1.165) is 25.2 Å². The fourth-order valence-corrected chi connectivity index (χ4v) is 2.84. The van der Waals surface area contributed by atoms with Crippen LogP contribution in [0.3, 0.4) is 0 Å². The van der Waals surface area contributed by atoms with Crippen LogP contribution in [0.2, 0.25) is 0 Å². The zero-order valence-corrected chi connectivity index (χ0v) is 11.2. The van der Waals surface area contributed by atoms with Gasteiger partial charge in [-0.05, 0) is 48.2 Å². The Balaban J connectivity index is 1.83. The molecule has 2 aromatic rings. The first-order chi connectivity index (χ1) is 9.25. The Kier molecular flexibility index (Phi) is 3.22. The second-order valence-electron chi connectivity index (χ2n) is 5.16. The Labute approximate surface area is 114 Å². The minimum atomic E-state index is 0.414. The molecule has 0 fully saturated rings. The lowest BCUT2D eigenvalue weighted by atomic mass is 9.96. The van der Waals surface area contributed by atoms with Crippen molar-refractivity contribution in [2.75, 3.05) is 12.3 Å². The van der Waals surface area contributed by atoms with Gasteiger partial charge in [-0.25, -0.2) is 0 Å². The molecule has 1 aliphatic rings. The molecule has 19 heavy (non-hydrogen) atoms. The molecule has 0 saturated carbocycles. The monoisotopic (exact) mass is 253 g/mol. The van der Waals surface area contributed by atoms with E-state index in [1.54, 1.807) is 0 Å². The van der Waals surface area contributed by atoms with Crippen LogP contribution in [0.1, 0.15) is 29.7 Å². The molecule has 0 amide bonds. The normalized spacial score (nSPS) is 16.9. The average Bonchev–Trinajstić information content (AvgIpc) is 2.47. The van der Waals surface area contributed by atoms with Crippen molar-refractivity contribution in [3.05, 3.63) is 59.4 Å². The summed E-state index contributed by atoms with van der Waals surface area (Å²) in [6, 6.07) is 10.9. The van der Waals surface area contributed by atoms with E-state index in [9.17, 15) is 0 Å². The molecule has 1 unspecified atom stereocenters. The van der Waals surface area contributed by atoms with Gasteiger partial charge in [0.1, 0.15) is 0 Å². The van der Waals surface area contributed by atoms with Crippen LogP contribution >= 0.6 is 0 Å². The lowest BCUT2D eigenvalue weighted by molar-refractivity contribution is 0.192. The van der Waals surface area contributed by atoms with E-state index in [2.05, 4.69) is 41.1 Å². The highest BCUT2D eigenvalue weighted by Gasteiger charge is 2.22. The lowest BCUT2D eigenvalue weighted by Crippen LogP contribution is -2.33. The number of pyridine rings is 1. The number of rotatable bonds is 2. The van der Waals surface area contributed by atoms with Crippen LogP contribution in [0.4, 0.5) is 5.69 Å². The summed E-state index contributed by atoms with van der Waals surface area (Å²) in [4.78, 5) is 6.58. The minimum absolute atomic E-state index is 0.414. The molecule has 2 N–H and O–H groups in total. The van der Waals surface area contributed by atoms with Gasteiger partial charge in [-0.1, -0.05) is 12.1 Å². The van der Waals surface area contributed by atoms with Gasteiger partial charge in [-0.3, -0.25) is 9.88 Å². The van der Waals surface area contributed by atoms with Crippen molar-refractivity contribution in [1.29, 1.82) is 0 Å². The summed E-state index contributed by atoms with van der Waals surface area (Å²) in [6.45, 7) is 4.29. The van der Waals surface area contributed by atoms with Gasteiger partial charge in [-0.15, -0.1) is 0 Å². The van der Waals surface area contributed by atoms with Crippen LogP contribution in [0.15, 0.2) is 42.7 Å². The molecule has 1 aromatic carbocycles. The van der Waals surface area contributed by atoms with E-state index in [1.807, 2.05) is 18.5 Å². The summed E-state index contributed by atoms with van der Waals surface area (Å²) < 4.78 is 0. The zero-order chi connectivity index (χ0) is 13.2. The summed E-state index contributed by atoms with van der Waals surface area (Å²) in [5, 5.41) is 0. The van der Waals surface area contributed by atoms with Crippen LogP contribution in [0, 0.1) is 0 Å². The van der Waals surface area contributed by atoms with Crippen molar-refractivity contribution < 1.29 is 0 Å². The van der Waals surface area contributed by atoms with Crippen LogP contribution in [0.5, 0.6) is 0 Å².